The van der Waals surface area contributed by atoms with Crippen LogP contribution in [0.1, 0.15) is 49.8 Å². The van der Waals surface area contributed by atoms with Crippen LogP contribution in [-0.4, -0.2) is 6.54 Å². The van der Waals surface area contributed by atoms with Gasteiger partial charge in [0.05, 0.1) is 0 Å². The maximum atomic E-state index is 3.77. The van der Waals surface area contributed by atoms with Gasteiger partial charge in [-0.3, -0.25) is 0 Å². The van der Waals surface area contributed by atoms with E-state index in [0.29, 0.717) is 6.04 Å². The van der Waals surface area contributed by atoms with Crippen LogP contribution in [0.5, 0.6) is 0 Å². The summed E-state index contributed by atoms with van der Waals surface area (Å²) in [5.74, 6) is 0. The van der Waals surface area contributed by atoms with E-state index in [1.54, 1.807) is 5.56 Å². The zero-order chi connectivity index (χ0) is 13.9. The Labute approximate surface area is 129 Å². The molecule has 0 aromatic heterocycles. The van der Waals surface area contributed by atoms with E-state index in [0.717, 1.165) is 6.54 Å². The molecule has 0 spiro atoms. The fourth-order valence-corrected chi connectivity index (χ4v) is 3.93. The highest BCUT2D eigenvalue weighted by atomic mass is 79.9. The average Bonchev–Trinajstić information content (AvgIpc) is 2.68. The number of halogens is 1. The van der Waals surface area contributed by atoms with Gasteiger partial charge in [-0.15, -0.1) is 0 Å². The molecule has 1 aliphatic rings. The third-order valence-corrected chi connectivity index (χ3v) is 4.98. The molecule has 0 fully saturated rings. The highest BCUT2D eigenvalue weighted by Gasteiger charge is 2.20. The van der Waals surface area contributed by atoms with E-state index in [1.807, 2.05) is 0 Å². The van der Waals surface area contributed by atoms with Crippen LogP contribution in [0.4, 0.5) is 0 Å². The van der Waals surface area contributed by atoms with E-state index in [4.69, 9.17) is 0 Å². The lowest BCUT2D eigenvalue weighted by Gasteiger charge is -2.21. The van der Waals surface area contributed by atoms with E-state index >= 15 is 0 Å². The van der Waals surface area contributed by atoms with Gasteiger partial charge in [-0.05, 0) is 60.2 Å². The number of benzene rings is 2. The van der Waals surface area contributed by atoms with Crippen LogP contribution >= 0.6 is 15.9 Å². The molecule has 2 aromatic rings. The molecule has 0 heterocycles. The van der Waals surface area contributed by atoms with Crippen LogP contribution in [0.2, 0.25) is 0 Å². The highest BCUT2D eigenvalue weighted by Crippen LogP contribution is 2.37. The highest BCUT2D eigenvalue weighted by molar-refractivity contribution is 9.10. The minimum absolute atomic E-state index is 0.522. The maximum absolute atomic E-state index is 3.77. The van der Waals surface area contributed by atoms with Crippen molar-refractivity contribution in [1.82, 2.24) is 5.32 Å². The summed E-state index contributed by atoms with van der Waals surface area (Å²) in [5.41, 5.74) is 3.08. The SMILES string of the molecule is CCCNC1CCCCc2c1cc(Br)c1ccccc21. The predicted octanol–water partition coefficient (Wildman–Crippen LogP) is 5.37. The molecule has 1 atom stereocenters. The van der Waals surface area contributed by atoms with E-state index in [1.165, 1.54) is 52.9 Å². The number of hydrogen-bond acceptors (Lipinski definition) is 1. The van der Waals surface area contributed by atoms with Crippen molar-refractivity contribution in [3.05, 3.63) is 45.9 Å². The van der Waals surface area contributed by atoms with Crippen LogP contribution in [-0.2, 0) is 6.42 Å². The number of nitrogens with one attached hydrogen (secondary N) is 1. The second kappa shape index (κ2) is 6.28. The van der Waals surface area contributed by atoms with Crippen molar-refractivity contribution in [2.24, 2.45) is 0 Å². The molecule has 0 saturated carbocycles. The first kappa shape index (κ1) is 14.1. The van der Waals surface area contributed by atoms with Crippen LogP contribution in [0, 0.1) is 0 Å². The summed E-state index contributed by atoms with van der Waals surface area (Å²) in [7, 11) is 0. The van der Waals surface area contributed by atoms with Crippen molar-refractivity contribution in [2.75, 3.05) is 6.54 Å². The first-order valence-electron chi connectivity index (χ1n) is 7.74. The summed E-state index contributed by atoms with van der Waals surface area (Å²) in [6, 6.07) is 11.7. The molecule has 1 unspecified atom stereocenters. The fraction of sp³-hybridized carbons (Fsp3) is 0.444. The molecule has 0 amide bonds. The Hall–Kier alpha value is -0.860. The largest absolute Gasteiger partial charge is 0.310 e. The Morgan fingerprint density at radius 1 is 1.20 bits per heavy atom. The maximum Gasteiger partial charge on any atom is 0.0323 e. The van der Waals surface area contributed by atoms with Gasteiger partial charge in [0, 0.05) is 10.5 Å². The minimum atomic E-state index is 0.522. The molecule has 3 rings (SSSR count). The Bertz CT molecular complexity index is 606. The fourth-order valence-electron chi connectivity index (χ4n) is 3.34. The van der Waals surface area contributed by atoms with Gasteiger partial charge in [0.1, 0.15) is 0 Å². The van der Waals surface area contributed by atoms with E-state index < -0.39 is 0 Å². The lowest BCUT2D eigenvalue weighted by atomic mass is 9.93. The third kappa shape index (κ3) is 2.64. The molecule has 2 aromatic carbocycles. The molecule has 0 radical (unpaired) electrons. The van der Waals surface area contributed by atoms with Crippen LogP contribution < -0.4 is 5.32 Å². The Balaban J connectivity index is 2.13. The average molecular weight is 332 g/mol. The van der Waals surface area contributed by atoms with Gasteiger partial charge in [-0.2, -0.15) is 0 Å². The quantitative estimate of drug-likeness (QED) is 0.745. The first-order chi connectivity index (χ1) is 9.81. The van der Waals surface area contributed by atoms with Gasteiger partial charge in [-0.1, -0.05) is 53.5 Å². The normalized spacial score (nSPS) is 18.8. The van der Waals surface area contributed by atoms with Gasteiger partial charge in [0.2, 0.25) is 0 Å². The lowest BCUT2D eigenvalue weighted by molar-refractivity contribution is 0.489. The van der Waals surface area contributed by atoms with Crippen molar-refractivity contribution in [1.29, 1.82) is 0 Å². The zero-order valence-corrected chi connectivity index (χ0v) is 13.7. The van der Waals surface area contributed by atoms with E-state index in [2.05, 4.69) is 58.5 Å². The molecule has 1 N–H and O–H groups in total. The molecule has 1 aliphatic carbocycles. The smallest absolute Gasteiger partial charge is 0.0323 e. The Morgan fingerprint density at radius 2 is 2.00 bits per heavy atom. The second-order valence-electron chi connectivity index (χ2n) is 5.72. The van der Waals surface area contributed by atoms with Gasteiger partial charge in [-0.25, -0.2) is 0 Å². The first-order valence-corrected chi connectivity index (χ1v) is 8.54. The van der Waals surface area contributed by atoms with Crippen molar-refractivity contribution in [3.63, 3.8) is 0 Å². The third-order valence-electron chi connectivity index (χ3n) is 4.33. The summed E-state index contributed by atoms with van der Waals surface area (Å²) < 4.78 is 1.23. The Kier molecular flexibility index (Phi) is 4.42. The van der Waals surface area contributed by atoms with Gasteiger partial charge in [0.25, 0.3) is 0 Å². The molecule has 106 valence electrons. The van der Waals surface area contributed by atoms with Gasteiger partial charge >= 0.3 is 0 Å². The molecule has 0 saturated heterocycles. The van der Waals surface area contributed by atoms with Crippen LogP contribution in [0.3, 0.4) is 0 Å². The molecule has 1 nitrogen and oxygen atoms in total. The molecular formula is C18H22BrN. The van der Waals surface area contributed by atoms with E-state index in [-0.39, 0.29) is 0 Å². The number of aryl methyl sites for hydroxylation is 1. The number of rotatable bonds is 3. The molecule has 0 aliphatic heterocycles. The zero-order valence-electron chi connectivity index (χ0n) is 12.1. The summed E-state index contributed by atoms with van der Waals surface area (Å²) >= 11 is 3.77. The van der Waals surface area contributed by atoms with Crippen molar-refractivity contribution in [3.8, 4) is 0 Å². The number of hydrogen-bond donors (Lipinski definition) is 1. The van der Waals surface area contributed by atoms with Crippen LogP contribution in [0.25, 0.3) is 10.8 Å². The Morgan fingerprint density at radius 3 is 2.80 bits per heavy atom. The second-order valence-corrected chi connectivity index (χ2v) is 6.58. The predicted molar refractivity (Wildman–Crippen MR) is 90.2 cm³/mol. The summed E-state index contributed by atoms with van der Waals surface area (Å²) in [4.78, 5) is 0. The topological polar surface area (TPSA) is 12.0 Å². The van der Waals surface area contributed by atoms with Crippen LogP contribution in [0.15, 0.2) is 34.8 Å². The summed E-state index contributed by atoms with van der Waals surface area (Å²) in [6.07, 6.45) is 6.30. The van der Waals surface area contributed by atoms with Crippen molar-refractivity contribution in [2.45, 2.75) is 45.1 Å². The summed E-state index contributed by atoms with van der Waals surface area (Å²) in [5, 5.41) is 6.52. The van der Waals surface area contributed by atoms with E-state index in [9.17, 15) is 0 Å². The van der Waals surface area contributed by atoms with Crippen molar-refractivity contribution < 1.29 is 0 Å². The minimum Gasteiger partial charge on any atom is -0.310 e. The lowest BCUT2D eigenvalue weighted by Crippen LogP contribution is -2.22. The summed E-state index contributed by atoms with van der Waals surface area (Å²) in [6.45, 7) is 3.34. The standard InChI is InChI=1S/C18H22BrN/c1-2-11-20-18-10-6-5-8-14-13-7-3-4-9-15(13)17(19)12-16(14)18/h3-4,7,9,12,18,20H,2,5-6,8,10-11H2,1H3. The molecule has 2 heteroatoms. The molecule has 20 heavy (non-hydrogen) atoms. The monoisotopic (exact) mass is 331 g/mol. The molecule has 0 bridgehead atoms. The van der Waals surface area contributed by atoms with Crippen molar-refractivity contribution >= 4 is 26.7 Å². The number of fused-ring (bicyclic) bond motifs is 3. The molecular weight excluding hydrogens is 310 g/mol. The van der Waals surface area contributed by atoms with Gasteiger partial charge in [0.15, 0.2) is 0 Å². The van der Waals surface area contributed by atoms with Gasteiger partial charge < -0.3 is 5.32 Å².